The van der Waals surface area contributed by atoms with Crippen molar-refractivity contribution < 1.29 is 4.52 Å². The Morgan fingerprint density at radius 3 is 2.85 bits per heavy atom. The predicted octanol–water partition coefficient (Wildman–Crippen LogP) is 2.12. The first-order chi connectivity index (χ1) is 9.60. The molecule has 0 saturated carbocycles. The largest absolute Gasteiger partial charge is 0.340 e. The number of aromatic nitrogens is 6. The molecule has 0 radical (unpaired) electrons. The number of imidazole rings is 1. The predicted molar refractivity (Wildman–Crippen MR) is 76.0 cm³/mol. The van der Waals surface area contributed by atoms with Gasteiger partial charge >= 0.3 is 0 Å². The van der Waals surface area contributed by atoms with E-state index in [9.17, 15) is 0 Å². The van der Waals surface area contributed by atoms with E-state index in [4.69, 9.17) is 16.7 Å². The fraction of sp³-hybridized carbons (Fsp3) is 0.500. The summed E-state index contributed by atoms with van der Waals surface area (Å²) in [5.41, 5.74) is 3.00. The Morgan fingerprint density at radius 1 is 1.40 bits per heavy atom. The summed E-state index contributed by atoms with van der Waals surface area (Å²) in [4.78, 5) is 7.45. The van der Waals surface area contributed by atoms with E-state index in [1.54, 1.807) is 6.92 Å². The molecule has 0 unspecified atom stereocenters. The molecule has 0 amide bonds. The van der Waals surface area contributed by atoms with E-state index in [1.165, 1.54) is 0 Å². The molecule has 0 aliphatic rings. The number of rotatable bonds is 4. The molecule has 0 saturated heterocycles. The number of fused-ring (bicyclic) bond motifs is 1. The van der Waals surface area contributed by atoms with E-state index in [0.29, 0.717) is 23.0 Å². The topological polar surface area (TPSA) is 77.5 Å². The number of hydrogen-bond donors (Lipinski definition) is 1. The Bertz CT molecular complexity index is 808. The molecule has 0 fully saturated rings. The second-order valence-corrected chi connectivity index (χ2v) is 5.15. The lowest BCUT2D eigenvalue weighted by Gasteiger charge is -2.00. The lowest BCUT2D eigenvalue weighted by atomic mass is 10.2. The van der Waals surface area contributed by atoms with Gasteiger partial charge in [-0.3, -0.25) is 9.25 Å². The van der Waals surface area contributed by atoms with Gasteiger partial charge in [0.25, 0.3) is 0 Å². The zero-order valence-corrected chi connectivity index (χ0v) is 12.5. The Hall–Kier alpha value is -1.96. The van der Waals surface area contributed by atoms with Crippen LogP contribution in [0.1, 0.15) is 30.8 Å². The second-order valence-electron chi connectivity index (χ2n) is 4.76. The fourth-order valence-electron chi connectivity index (χ4n) is 2.38. The maximum absolute atomic E-state index is 5.40. The molecule has 0 aliphatic carbocycles. The summed E-state index contributed by atoms with van der Waals surface area (Å²) in [5, 5.41) is 8.46. The summed E-state index contributed by atoms with van der Waals surface area (Å²) < 4.78 is 9.44. The first kappa shape index (κ1) is 13.0. The first-order valence-corrected chi connectivity index (χ1v) is 6.94. The molecule has 3 aromatic rings. The van der Waals surface area contributed by atoms with E-state index in [1.807, 2.05) is 16.3 Å². The SMILES string of the molecule is CCCc1nn(C)c2c1[nH]c(=S)n2Cc1noc(C)n1. The number of nitrogens with zero attached hydrogens (tertiary/aromatic N) is 5. The van der Waals surface area contributed by atoms with Gasteiger partial charge in [0, 0.05) is 14.0 Å². The van der Waals surface area contributed by atoms with Crippen molar-refractivity contribution in [1.29, 1.82) is 0 Å². The molecule has 0 aromatic carbocycles. The Kier molecular flexibility index (Phi) is 3.17. The summed E-state index contributed by atoms with van der Waals surface area (Å²) in [6.45, 7) is 4.38. The highest BCUT2D eigenvalue weighted by Gasteiger charge is 2.16. The third-order valence-corrected chi connectivity index (χ3v) is 3.50. The van der Waals surface area contributed by atoms with Gasteiger partial charge in [0.05, 0.1) is 12.2 Å². The summed E-state index contributed by atoms with van der Waals surface area (Å²) in [6, 6.07) is 0. The maximum Gasteiger partial charge on any atom is 0.223 e. The molecule has 0 bridgehead atoms. The second kappa shape index (κ2) is 4.86. The number of aryl methyl sites for hydroxylation is 3. The Morgan fingerprint density at radius 2 is 2.20 bits per heavy atom. The number of hydrogen-bond acceptors (Lipinski definition) is 5. The fourth-order valence-corrected chi connectivity index (χ4v) is 2.64. The minimum Gasteiger partial charge on any atom is -0.340 e. The van der Waals surface area contributed by atoms with Gasteiger partial charge in [-0.05, 0) is 18.6 Å². The Labute approximate surface area is 120 Å². The molecule has 0 spiro atoms. The zero-order chi connectivity index (χ0) is 14.3. The van der Waals surface area contributed by atoms with Gasteiger partial charge in [0.15, 0.2) is 16.2 Å². The lowest BCUT2D eigenvalue weighted by Crippen LogP contribution is -2.05. The lowest BCUT2D eigenvalue weighted by molar-refractivity contribution is 0.386. The van der Waals surface area contributed by atoms with Crippen LogP contribution in [0.15, 0.2) is 4.52 Å². The number of H-pyrrole nitrogens is 1. The van der Waals surface area contributed by atoms with Crippen molar-refractivity contribution in [3.05, 3.63) is 22.2 Å². The van der Waals surface area contributed by atoms with Crippen LogP contribution in [-0.4, -0.2) is 29.5 Å². The van der Waals surface area contributed by atoms with Crippen LogP contribution < -0.4 is 0 Å². The van der Waals surface area contributed by atoms with Crippen LogP contribution >= 0.6 is 12.2 Å². The summed E-state index contributed by atoms with van der Waals surface area (Å²) in [6.07, 6.45) is 1.97. The van der Waals surface area contributed by atoms with E-state index in [0.717, 1.165) is 29.7 Å². The van der Waals surface area contributed by atoms with Crippen molar-refractivity contribution in [2.75, 3.05) is 0 Å². The van der Waals surface area contributed by atoms with Crippen LogP contribution in [0.25, 0.3) is 11.2 Å². The van der Waals surface area contributed by atoms with E-state index in [-0.39, 0.29) is 0 Å². The van der Waals surface area contributed by atoms with Gasteiger partial charge in [-0.25, -0.2) is 0 Å². The average Bonchev–Trinajstić information content (AvgIpc) is 3.02. The highest BCUT2D eigenvalue weighted by atomic mass is 32.1. The molecule has 0 atom stereocenters. The zero-order valence-electron chi connectivity index (χ0n) is 11.7. The standard InChI is InChI=1S/C12H16N6OS/c1-4-5-8-10-11(17(3)15-8)18(12(20)14-10)6-9-13-7(2)19-16-9/h4-6H2,1-3H3,(H,14,20). The molecular formula is C12H16N6OS. The quantitative estimate of drug-likeness (QED) is 0.745. The van der Waals surface area contributed by atoms with Crippen molar-refractivity contribution in [1.82, 2.24) is 29.5 Å². The van der Waals surface area contributed by atoms with Crippen LogP contribution in [0.3, 0.4) is 0 Å². The van der Waals surface area contributed by atoms with Gasteiger partial charge in [-0.1, -0.05) is 18.5 Å². The van der Waals surface area contributed by atoms with Crippen LogP contribution in [0.2, 0.25) is 0 Å². The van der Waals surface area contributed by atoms with E-state index < -0.39 is 0 Å². The van der Waals surface area contributed by atoms with Crippen molar-refractivity contribution in [3.8, 4) is 0 Å². The summed E-state index contributed by atoms with van der Waals surface area (Å²) in [7, 11) is 1.92. The summed E-state index contributed by atoms with van der Waals surface area (Å²) in [5.74, 6) is 1.16. The van der Waals surface area contributed by atoms with Crippen molar-refractivity contribution in [2.24, 2.45) is 7.05 Å². The molecule has 20 heavy (non-hydrogen) atoms. The number of aromatic amines is 1. The van der Waals surface area contributed by atoms with Crippen LogP contribution in [0, 0.1) is 11.7 Å². The summed E-state index contributed by atoms with van der Waals surface area (Å²) >= 11 is 5.40. The van der Waals surface area contributed by atoms with Gasteiger partial charge in [0.1, 0.15) is 5.52 Å². The van der Waals surface area contributed by atoms with Crippen LogP contribution in [0.5, 0.6) is 0 Å². The van der Waals surface area contributed by atoms with Crippen LogP contribution in [0.4, 0.5) is 0 Å². The number of nitrogens with one attached hydrogen (secondary N) is 1. The monoisotopic (exact) mass is 292 g/mol. The smallest absolute Gasteiger partial charge is 0.223 e. The minimum absolute atomic E-state index is 0.473. The molecule has 0 aliphatic heterocycles. The molecule has 1 N–H and O–H groups in total. The third kappa shape index (κ3) is 2.05. The van der Waals surface area contributed by atoms with Gasteiger partial charge in [-0.15, -0.1) is 0 Å². The molecule has 3 aromatic heterocycles. The molecule has 7 nitrogen and oxygen atoms in total. The van der Waals surface area contributed by atoms with E-state index in [2.05, 4.69) is 27.1 Å². The minimum atomic E-state index is 0.473. The van der Waals surface area contributed by atoms with Gasteiger partial charge < -0.3 is 9.51 Å². The molecule has 3 rings (SSSR count). The highest BCUT2D eigenvalue weighted by Crippen LogP contribution is 2.19. The molecule has 106 valence electrons. The van der Waals surface area contributed by atoms with Crippen molar-refractivity contribution in [2.45, 2.75) is 33.2 Å². The van der Waals surface area contributed by atoms with E-state index >= 15 is 0 Å². The maximum atomic E-state index is 5.40. The molecular weight excluding hydrogens is 276 g/mol. The van der Waals surface area contributed by atoms with Gasteiger partial charge in [-0.2, -0.15) is 10.1 Å². The average molecular weight is 292 g/mol. The van der Waals surface area contributed by atoms with Gasteiger partial charge in [0.2, 0.25) is 5.89 Å². The van der Waals surface area contributed by atoms with Crippen LogP contribution in [-0.2, 0) is 20.0 Å². The van der Waals surface area contributed by atoms with Crippen molar-refractivity contribution in [3.63, 3.8) is 0 Å². The van der Waals surface area contributed by atoms with Crippen molar-refractivity contribution >= 4 is 23.4 Å². The first-order valence-electron chi connectivity index (χ1n) is 6.53. The third-order valence-electron chi connectivity index (χ3n) is 3.18. The normalized spacial score (nSPS) is 11.6. The molecule has 8 heteroatoms. The molecule has 3 heterocycles. The highest BCUT2D eigenvalue weighted by molar-refractivity contribution is 7.71. The Balaban J connectivity index is 2.10.